The molecular formula is C17H16BrClO. The Labute approximate surface area is 133 Å². The van der Waals surface area contributed by atoms with E-state index in [1.165, 1.54) is 16.7 Å². The Morgan fingerprint density at radius 3 is 2.50 bits per heavy atom. The topological polar surface area (TPSA) is 9.23 Å². The molecule has 1 unspecified atom stereocenters. The van der Waals surface area contributed by atoms with Crippen LogP contribution in [0.25, 0.3) is 0 Å². The Bertz CT molecular complexity index is 646. The first-order valence-corrected chi connectivity index (χ1v) is 7.95. The first-order valence-electron chi connectivity index (χ1n) is 6.72. The second-order valence-electron chi connectivity index (χ2n) is 5.37. The fraction of sp³-hybridized carbons (Fsp3) is 0.294. The van der Waals surface area contributed by atoms with Gasteiger partial charge in [-0.15, -0.1) is 11.6 Å². The van der Waals surface area contributed by atoms with Crippen LogP contribution in [0.5, 0.6) is 5.75 Å². The van der Waals surface area contributed by atoms with Gasteiger partial charge in [-0.2, -0.15) is 0 Å². The molecule has 3 rings (SSSR count). The van der Waals surface area contributed by atoms with E-state index in [9.17, 15) is 0 Å². The number of fused-ring (bicyclic) bond motifs is 1. The van der Waals surface area contributed by atoms with Crippen LogP contribution in [0.15, 0.2) is 34.8 Å². The molecular weight excluding hydrogens is 336 g/mol. The van der Waals surface area contributed by atoms with E-state index in [-0.39, 0.29) is 5.38 Å². The molecule has 1 aliphatic rings. The molecule has 0 N–H and O–H groups in total. The molecule has 1 nitrogen and oxygen atoms in total. The van der Waals surface area contributed by atoms with Crippen molar-refractivity contribution in [3.8, 4) is 5.75 Å². The smallest absolute Gasteiger partial charge is 0.127 e. The number of halogens is 2. The van der Waals surface area contributed by atoms with Gasteiger partial charge >= 0.3 is 0 Å². The zero-order valence-electron chi connectivity index (χ0n) is 11.5. The van der Waals surface area contributed by atoms with E-state index >= 15 is 0 Å². The molecule has 20 heavy (non-hydrogen) atoms. The second-order valence-corrected chi connectivity index (χ2v) is 6.72. The molecule has 1 heterocycles. The van der Waals surface area contributed by atoms with E-state index in [0.29, 0.717) is 0 Å². The highest BCUT2D eigenvalue weighted by molar-refractivity contribution is 9.10. The van der Waals surface area contributed by atoms with Crippen LogP contribution in [0.2, 0.25) is 0 Å². The number of alkyl halides is 1. The van der Waals surface area contributed by atoms with Gasteiger partial charge in [0.05, 0.1) is 12.0 Å². The van der Waals surface area contributed by atoms with Crippen molar-refractivity contribution in [3.05, 3.63) is 62.6 Å². The van der Waals surface area contributed by atoms with Crippen LogP contribution in [0, 0.1) is 13.8 Å². The number of rotatable bonds is 2. The summed E-state index contributed by atoms with van der Waals surface area (Å²) in [7, 11) is 0. The summed E-state index contributed by atoms with van der Waals surface area (Å²) in [6.45, 7) is 4.94. The molecule has 0 fully saturated rings. The van der Waals surface area contributed by atoms with Gasteiger partial charge in [0.25, 0.3) is 0 Å². The van der Waals surface area contributed by atoms with Gasteiger partial charge < -0.3 is 4.74 Å². The standard InChI is InChI=1S/C17H16BrClO/c1-10-5-11(2)7-13(6-10)16(19)15-9-14(18)8-12-3-4-20-17(12)15/h5-9,16H,3-4H2,1-2H3. The normalized spacial score (nSPS) is 14.8. The zero-order valence-corrected chi connectivity index (χ0v) is 13.9. The number of hydrogen-bond acceptors (Lipinski definition) is 1. The lowest BCUT2D eigenvalue weighted by Gasteiger charge is -2.16. The molecule has 1 aliphatic heterocycles. The van der Waals surface area contributed by atoms with Crippen LogP contribution < -0.4 is 4.74 Å². The van der Waals surface area contributed by atoms with Crippen LogP contribution in [0.3, 0.4) is 0 Å². The van der Waals surface area contributed by atoms with E-state index in [2.05, 4.69) is 60.1 Å². The van der Waals surface area contributed by atoms with Gasteiger partial charge in [-0.1, -0.05) is 45.3 Å². The van der Waals surface area contributed by atoms with E-state index in [4.69, 9.17) is 16.3 Å². The third-order valence-electron chi connectivity index (χ3n) is 3.59. The first-order chi connectivity index (χ1) is 9.54. The Morgan fingerprint density at radius 2 is 1.80 bits per heavy atom. The lowest BCUT2D eigenvalue weighted by Crippen LogP contribution is -1.98. The lowest BCUT2D eigenvalue weighted by molar-refractivity contribution is 0.353. The summed E-state index contributed by atoms with van der Waals surface area (Å²) in [6, 6.07) is 10.6. The lowest BCUT2D eigenvalue weighted by atomic mass is 9.98. The molecule has 104 valence electrons. The number of aryl methyl sites for hydroxylation is 2. The van der Waals surface area contributed by atoms with Crippen molar-refractivity contribution < 1.29 is 4.74 Å². The maximum Gasteiger partial charge on any atom is 0.127 e. The van der Waals surface area contributed by atoms with Gasteiger partial charge in [0.1, 0.15) is 5.75 Å². The fourth-order valence-corrected chi connectivity index (χ4v) is 3.63. The van der Waals surface area contributed by atoms with Crippen molar-refractivity contribution in [1.29, 1.82) is 0 Å². The first kappa shape index (κ1) is 14.0. The van der Waals surface area contributed by atoms with Crippen LogP contribution in [-0.2, 0) is 6.42 Å². The van der Waals surface area contributed by atoms with Gasteiger partial charge in [0, 0.05) is 16.5 Å². The van der Waals surface area contributed by atoms with Crippen molar-refractivity contribution in [3.63, 3.8) is 0 Å². The third-order valence-corrected chi connectivity index (χ3v) is 4.53. The monoisotopic (exact) mass is 350 g/mol. The van der Waals surface area contributed by atoms with Gasteiger partial charge in [-0.05, 0) is 37.1 Å². The van der Waals surface area contributed by atoms with Crippen LogP contribution in [0.1, 0.15) is 33.2 Å². The second kappa shape index (κ2) is 5.42. The van der Waals surface area contributed by atoms with Crippen LogP contribution in [0.4, 0.5) is 0 Å². The summed E-state index contributed by atoms with van der Waals surface area (Å²) in [6.07, 6.45) is 0.957. The molecule has 0 spiro atoms. The predicted octanol–water partition coefficient (Wildman–Crippen LogP) is 5.33. The zero-order chi connectivity index (χ0) is 14.3. The quantitative estimate of drug-likeness (QED) is 0.665. The molecule has 0 saturated carbocycles. The SMILES string of the molecule is Cc1cc(C)cc(C(Cl)c2cc(Br)cc3c2OCC3)c1. The summed E-state index contributed by atoms with van der Waals surface area (Å²) in [5.74, 6) is 0.965. The highest BCUT2D eigenvalue weighted by Gasteiger charge is 2.23. The highest BCUT2D eigenvalue weighted by Crippen LogP contribution is 2.41. The van der Waals surface area contributed by atoms with Crippen LogP contribution >= 0.6 is 27.5 Å². The van der Waals surface area contributed by atoms with E-state index in [0.717, 1.165) is 34.4 Å². The maximum absolute atomic E-state index is 6.73. The van der Waals surface area contributed by atoms with E-state index < -0.39 is 0 Å². The molecule has 3 heteroatoms. The van der Waals surface area contributed by atoms with Crippen molar-refractivity contribution in [2.24, 2.45) is 0 Å². The van der Waals surface area contributed by atoms with E-state index in [1.807, 2.05) is 0 Å². The third kappa shape index (κ3) is 2.59. The Morgan fingerprint density at radius 1 is 1.10 bits per heavy atom. The van der Waals surface area contributed by atoms with E-state index in [1.54, 1.807) is 0 Å². The average Bonchev–Trinajstić information content (AvgIpc) is 2.83. The van der Waals surface area contributed by atoms with Gasteiger partial charge in [0.15, 0.2) is 0 Å². The minimum absolute atomic E-state index is 0.182. The number of benzene rings is 2. The predicted molar refractivity (Wildman–Crippen MR) is 87.0 cm³/mol. The van der Waals surface area contributed by atoms with Gasteiger partial charge in [-0.25, -0.2) is 0 Å². The summed E-state index contributed by atoms with van der Waals surface area (Å²) < 4.78 is 6.84. The fourth-order valence-electron chi connectivity index (χ4n) is 2.82. The average molecular weight is 352 g/mol. The molecule has 0 aliphatic carbocycles. The Balaban J connectivity index is 2.08. The minimum Gasteiger partial charge on any atom is -0.493 e. The Kier molecular flexibility index (Phi) is 3.78. The summed E-state index contributed by atoms with van der Waals surface area (Å²) in [5, 5.41) is -0.182. The molecule has 0 amide bonds. The minimum atomic E-state index is -0.182. The van der Waals surface area contributed by atoms with Crippen molar-refractivity contribution >= 4 is 27.5 Å². The molecule has 2 aromatic rings. The summed E-state index contributed by atoms with van der Waals surface area (Å²) >= 11 is 10.3. The molecule has 0 radical (unpaired) electrons. The summed E-state index contributed by atoms with van der Waals surface area (Å²) in [4.78, 5) is 0. The maximum atomic E-state index is 6.73. The van der Waals surface area contributed by atoms with Crippen molar-refractivity contribution in [2.45, 2.75) is 25.6 Å². The molecule has 0 saturated heterocycles. The highest BCUT2D eigenvalue weighted by atomic mass is 79.9. The molecule has 1 atom stereocenters. The van der Waals surface area contributed by atoms with Crippen LogP contribution in [-0.4, -0.2) is 6.61 Å². The summed E-state index contributed by atoms with van der Waals surface area (Å²) in [5.41, 5.74) is 5.89. The molecule has 0 aromatic heterocycles. The van der Waals surface area contributed by atoms with Gasteiger partial charge in [-0.3, -0.25) is 0 Å². The van der Waals surface area contributed by atoms with Crippen molar-refractivity contribution in [1.82, 2.24) is 0 Å². The largest absolute Gasteiger partial charge is 0.493 e. The van der Waals surface area contributed by atoms with Gasteiger partial charge in [0.2, 0.25) is 0 Å². The van der Waals surface area contributed by atoms with Crippen molar-refractivity contribution in [2.75, 3.05) is 6.61 Å². The number of ether oxygens (including phenoxy) is 1. The number of hydrogen-bond donors (Lipinski definition) is 0. The Hall–Kier alpha value is -0.990. The molecule has 0 bridgehead atoms. The molecule has 2 aromatic carbocycles.